The minimum absolute atomic E-state index is 0.377. The first kappa shape index (κ1) is 13.1. The van der Waals surface area contributed by atoms with E-state index in [-0.39, 0.29) is 5.97 Å². The van der Waals surface area contributed by atoms with E-state index in [0.717, 1.165) is 22.5 Å². The highest BCUT2D eigenvalue weighted by molar-refractivity contribution is 5.98. The van der Waals surface area contributed by atoms with Crippen molar-refractivity contribution in [1.82, 2.24) is 15.0 Å². The first-order valence-corrected chi connectivity index (χ1v) is 6.41. The molecule has 0 aliphatic heterocycles. The van der Waals surface area contributed by atoms with Gasteiger partial charge < -0.3 is 9.72 Å². The van der Waals surface area contributed by atoms with E-state index >= 15 is 0 Å². The predicted octanol–water partition coefficient (Wildman–Crippen LogP) is 2.93. The third-order valence-electron chi connectivity index (χ3n) is 3.18. The average Bonchev–Trinajstić information content (AvgIpc) is 3.01. The number of nitrogens with one attached hydrogen (secondary N) is 1. The van der Waals surface area contributed by atoms with Crippen LogP contribution in [0.25, 0.3) is 22.5 Å². The maximum Gasteiger partial charge on any atom is 0.340 e. The van der Waals surface area contributed by atoms with Crippen LogP contribution in [0.1, 0.15) is 10.4 Å². The number of nitrogens with zero attached hydrogens (tertiary/aromatic N) is 2. The molecule has 21 heavy (non-hydrogen) atoms. The van der Waals surface area contributed by atoms with Crippen LogP contribution in [0.3, 0.4) is 0 Å². The van der Waals surface area contributed by atoms with Gasteiger partial charge in [0.15, 0.2) is 0 Å². The number of hydrogen-bond donors (Lipinski definition) is 1. The van der Waals surface area contributed by atoms with Crippen molar-refractivity contribution in [3.05, 3.63) is 60.7 Å². The van der Waals surface area contributed by atoms with Crippen LogP contribution in [0.15, 0.2) is 55.1 Å². The summed E-state index contributed by atoms with van der Waals surface area (Å²) in [4.78, 5) is 23.2. The summed E-state index contributed by atoms with van der Waals surface area (Å²) in [6, 6.07) is 9.23. The van der Waals surface area contributed by atoms with Gasteiger partial charge in [0, 0.05) is 41.6 Å². The van der Waals surface area contributed by atoms with E-state index in [9.17, 15) is 4.79 Å². The fourth-order valence-electron chi connectivity index (χ4n) is 2.16. The Bertz CT molecular complexity index is 752. The Morgan fingerprint density at radius 1 is 1.00 bits per heavy atom. The average molecular weight is 279 g/mol. The van der Waals surface area contributed by atoms with Gasteiger partial charge in [-0.15, -0.1) is 0 Å². The first-order chi connectivity index (χ1) is 10.3. The maximum atomic E-state index is 12.0. The molecule has 104 valence electrons. The van der Waals surface area contributed by atoms with Crippen LogP contribution in [0.2, 0.25) is 0 Å². The molecule has 5 heteroatoms. The van der Waals surface area contributed by atoms with Crippen molar-refractivity contribution < 1.29 is 9.53 Å². The van der Waals surface area contributed by atoms with E-state index in [2.05, 4.69) is 15.0 Å². The summed E-state index contributed by atoms with van der Waals surface area (Å²) in [6.07, 6.45) is 6.78. The Kier molecular flexibility index (Phi) is 3.47. The second-order valence-corrected chi connectivity index (χ2v) is 4.44. The molecule has 3 aromatic rings. The molecule has 0 fully saturated rings. The smallest absolute Gasteiger partial charge is 0.340 e. The standard InChI is InChI=1S/C16H13N3O2/c1-21-16(20)13-10-14(11-2-6-17-7-3-11)19-15(13)12-4-8-18-9-5-12/h2-10,19H,1H3. The number of carbonyl (C=O) groups is 1. The zero-order chi connectivity index (χ0) is 14.7. The lowest BCUT2D eigenvalue weighted by atomic mass is 10.1. The van der Waals surface area contributed by atoms with Gasteiger partial charge in [0.25, 0.3) is 0 Å². The molecule has 0 aromatic carbocycles. The lowest BCUT2D eigenvalue weighted by Crippen LogP contribution is -2.01. The summed E-state index contributed by atoms with van der Waals surface area (Å²) in [5.74, 6) is -0.377. The van der Waals surface area contributed by atoms with Crippen molar-refractivity contribution in [3.63, 3.8) is 0 Å². The van der Waals surface area contributed by atoms with E-state index in [1.54, 1.807) is 30.9 Å². The summed E-state index contributed by atoms with van der Waals surface area (Å²) in [7, 11) is 1.37. The third-order valence-corrected chi connectivity index (χ3v) is 3.18. The number of methoxy groups -OCH3 is 1. The molecule has 5 nitrogen and oxygen atoms in total. The number of pyridine rings is 2. The number of rotatable bonds is 3. The summed E-state index contributed by atoms with van der Waals surface area (Å²) in [5, 5.41) is 0. The van der Waals surface area contributed by atoms with E-state index in [1.807, 2.05) is 24.3 Å². The Morgan fingerprint density at radius 2 is 1.57 bits per heavy atom. The van der Waals surface area contributed by atoms with Gasteiger partial charge in [-0.2, -0.15) is 0 Å². The largest absolute Gasteiger partial charge is 0.465 e. The minimum Gasteiger partial charge on any atom is -0.465 e. The molecular formula is C16H13N3O2. The van der Waals surface area contributed by atoms with Crippen LogP contribution in [0, 0.1) is 0 Å². The fraction of sp³-hybridized carbons (Fsp3) is 0.0625. The number of H-pyrrole nitrogens is 1. The van der Waals surface area contributed by atoms with Gasteiger partial charge in [-0.05, 0) is 30.3 Å². The SMILES string of the molecule is COC(=O)c1cc(-c2ccncc2)[nH]c1-c1ccncc1. The van der Waals surface area contributed by atoms with E-state index in [0.29, 0.717) is 5.56 Å². The second-order valence-electron chi connectivity index (χ2n) is 4.44. The molecule has 0 aliphatic carbocycles. The highest BCUT2D eigenvalue weighted by Crippen LogP contribution is 2.28. The van der Waals surface area contributed by atoms with Gasteiger partial charge in [0.05, 0.1) is 18.4 Å². The quantitative estimate of drug-likeness (QED) is 0.748. The summed E-state index contributed by atoms with van der Waals surface area (Å²) in [5.41, 5.74) is 3.89. The molecule has 0 radical (unpaired) electrons. The topological polar surface area (TPSA) is 67.9 Å². The minimum atomic E-state index is -0.377. The molecule has 0 aliphatic rings. The molecule has 0 saturated heterocycles. The highest BCUT2D eigenvalue weighted by Gasteiger charge is 2.17. The maximum absolute atomic E-state index is 12.0. The predicted molar refractivity (Wildman–Crippen MR) is 78.6 cm³/mol. The Hall–Kier alpha value is -2.95. The van der Waals surface area contributed by atoms with Gasteiger partial charge in [-0.3, -0.25) is 9.97 Å². The van der Waals surface area contributed by atoms with Gasteiger partial charge >= 0.3 is 5.97 Å². The molecule has 0 unspecified atom stereocenters. The molecular weight excluding hydrogens is 266 g/mol. The lowest BCUT2D eigenvalue weighted by Gasteiger charge is -2.02. The lowest BCUT2D eigenvalue weighted by molar-refractivity contribution is 0.0602. The van der Waals surface area contributed by atoms with Crippen LogP contribution in [-0.4, -0.2) is 28.0 Å². The van der Waals surface area contributed by atoms with Crippen LogP contribution in [0.4, 0.5) is 0 Å². The van der Waals surface area contributed by atoms with Crippen LogP contribution in [0.5, 0.6) is 0 Å². The number of esters is 1. The fourth-order valence-corrected chi connectivity index (χ4v) is 2.16. The monoisotopic (exact) mass is 279 g/mol. The Labute approximate surface area is 121 Å². The molecule has 0 spiro atoms. The molecule has 0 amide bonds. The second kappa shape index (κ2) is 5.58. The molecule has 3 aromatic heterocycles. The molecule has 3 heterocycles. The first-order valence-electron chi connectivity index (χ1n) is 6.41. The number of aromatic nitrogens is 3. The van der Waals surface area contributed by atoms with Gasteiger partial charge in [-0.1, -0.05) is 0 Å². The van der Waals surface area contributed by atoms with Crippen molar-refractivity contribution >= 4 is 5.97 Å². The van der Waals surface area contributed by atoms with E-state index in [1.165, 1.54) is 7.11 Å². The third kappa shape index (κ3) is 2.53. The molecule has 1 N–H and O–H groups in total. The highest BCUT2D eigenvalue weighted by atomic mass is 16.5. The van der Waals surface area contributed by atoms with Gasteiger partial charge in [0.2, 0.25) is 0 Å². The molecule has 0 atom stereocenters. The zero-order valence-corrected chi connectivity index (χ0v) is 11.4. The van der Waals surface area contributed by atoms with Crippen molar-refractivity contribution in [1.29, 1.82) is 0 Å². The summed E-state index contributed by atoms with van der Waals surface area (Å²) < 4.78 is 4.86. The van der Waals surface area contributed by atoms with Gasteiger partial charge in [-0.25, -0.2) is 4.79 Å². The molecule has 3 rings (SSSR count). The van der Waals surface area contributed by atoms with Crippen LogP contribution in [-0.2, 0) is 4.74 Å². The van der Waals surface area contributed by atoms with Crippen molar-refractivity contribution in [2.24, 2.45) is 0 Å². The zero-order valence-electron chi connectivity index (χ0n) is 11.4. The van der Waals surface area contributed by atoms with E-state index in [4.69, 9.17) is 4.74 Å². The number of ether oxygens (including phenoxy) is 1. The van der Waals surface area contributed by atoms with Crippen LogP contribution >= 0.6 is 0 Å². The summed E-state index contributed by atoms with van der Waals surface area (Å²) >= 11 is 0. The van der Waals surface area contributed by atoms with E-state index < -0.39 is 0 Å². The number of aromatic amines is 1. The van der Waals surface area contributed by atoms with Crippen LogP contribution < -0.4 is 0 Å². The molecule has 0 saturated carbocycles. The van der Waals surface area contributed by atoms with Crippen molar-refractivity contribution in [2.45, 2.75) is 0 Å². The van der Waals surface area contributed by atoms with Crippen molar-refractivity contribution in [3.8, 4) is 22.5 Å². The summed E-state index contributed by atoms with van der Waals surface area (Å²) in [6.45, 7) is 0. The normalized spacial score (nSPS) is 10.3. The van der Waals surface area contributed by atoms with Crippen molar-refractivity contribution in [2.75, 3.05) is 7.11 Å². The Morgan fingerprint density at radius 3 is 2.14 bits per heavy atom. The molecule has 0 bridgehead atoms. The number of hydrogen-bond acceptors (Lipinski definition) is 4. The Balaban J connectivity index is 2.14. The van der Waals surface area contributed by atoms with Gasteiger partial charge in [0.1, 0.15) is 0 Å². The number of carbonyl (C=O) groups excluding carboxylic acids is 1.